The average molecular weight is 954 g/mol. The third-order valence-corrected chi connectivity index (χ3v) is 11.8. The molecule has 384 valence electrons. The number of carbonyl (C=O) groups excluding carboxylic acids is 1. The fourth-order valence-electron chi connectivity index (χ4n) is 6.80. The molecule has 0 aliphatic heterocycles. The molecule has 0 spiro atoms. The van der Waals surface area contributed by atoms with E-state index in [1.165, 1.54) is 70.6 Å². The van der Waals surface area contributed by atoms with E-state index in [4.69, 9.17) is 18.5 Å². The topological polar surface area (TPSA) is 94.1 Å². The van der Waals surface area contributed by atoms with Crippen molar-refractivity contribution in [3.8, 4) is 0 Å². The molecule has 8 nitrogen and oxygen atoms in total. The van der Waals surface area contributed by atoms with Gasteiger partial charge in [0.25, 0.3) is 7.82 Å². The van der Waals surface area contributed by atoms with E-state index >= 15 is 0 Å². The first-order valence-electron chi connectivity index (χ1n) is 26.6. The number of likely N-dealkylation sites (N-methyl/N-ethyl adjacent to an activating group) is 1. The lowest BCUT2D eigenvalue weighted by Gasteiger charge is -2.28. The van der Waals surface area contributed by atoms with Crippen LogP contribution in [-0.2, 0) is 27.9 Å². The fraction of sp³-hybridized carbons (Fsp3) is 0.672. The molecular weight excluding hydrogens is 854 g/mol. The smallest absolute Gasteiger partial charge is 0.306 e. The number of phosphoric acid groups is 1. The van der Waals surface area contributed by atoms with Crippen LogP contribution in [0.1, 0.15) is 194 Å². The molecule has 9 heteroatoms. The van der Waals surface area contributed by atoms with E-state index in [9.17, 15) is 14.3 Å². The van der Waals surface area contributed by atoms with Crippen molar-refractivity contribution in [1.82, 2.24) is 0 Å². The molecule has 0 aromatic carbocycles. The monoisotopic (exact) mass is 954 g/mol. The van der Waals surface area contributed by atoms with E-state index in [-0.39, 0.29) is 25.8 Å². The number of hydrogen-bond acceptors (Lipinski definition) is 7. The molecule has 0 saturated carbocycles. The lowest BCUT2D eigenvalue weighted by molar-refractivity contribution is -0.870. The predicted octanol–water partition coefficient (Wildman–Crippen LogP) is 16.1. The molecule has 0 heterocycles. The zero-order chi connectivity index (χ0) is 49.0. The second-order valence-corrected chi connectivity index (χ2v) is 19.9. The Labute approximate surface area is 412 Å². The number of hydrogen-bond donors (Lipinski definition) is 0. The molecule has 2 unspecified atom stereocenters. The summed E-state index contributed by atoms with van der Waals surface area (Å²) in [6, 6.07) is 0. The van der Waals surface area contributed by atoms with Gasteiger partial charge < -0.3 is 27.9 Å². The molecule has 0 aromatic heterocycles. The van der Waals surface area contributed by atoms with Gasteiger partial charge in [0.15, 0.2) is 0 Å². The van der Waals surface area contributed by atoms with E-state index in [1.807, 2.05) is 21.1 Å². The molecule has 0 saturated heterocycles. The van der Waals surface area contributed by atoms with Crippen molar-refractivity contribution in [2.45, 2.75) is 200 Å². The van der Waals surface area contributed by atoms with Gasteiger partial charge in [0.2, 0.25) is 0 Å². The van der Waals surface area contributed by atoms with Crippen LogP contribution < -0.4 is 4.89 Å². The van der Waals surface area contributed by atoms with E-state index < -0.39 is 13.9 Å². The Morgan fingerprint density at radius 2 is 0.821 bits per heavy atom. The summed E-state index contributed by atoms with van der Waals surface area (Å²) in [5.41, 5.74) is 0. The van der Waals surface area contributed by atoms with Gasteiger partial charge in [-0.1, -0.05) is 200 Å². The third-order valence-electron chi connectivity index (χ3n) is 10.8. The SMILES string of the molecule is CC/C=C\C/C=C\C/C=C\C/C=C\C/C=C\CCCCCCCCCC(=O)OC(COCCCCCCCCCCC/C=C\C/C=C\C/C=C\C/C=C\CC)COP(=O)([O-])OCC[N+](C)(C)C. The highest BCUT2D eigenvalue weighted by Gasteiger charge is 2.20. The van der Waals surface area contributed by atoms with Crippen molar-refractivity contribution < 1.29 is 37.3 Å². The van der Waals surface area contributed by atoms with Crippen LogP contribution in [0.5, 0.6) is 0 Å². The summed E-state index contributed by atoms with van der Waals surface area (Å²) in [5, 5.41) is 0. The predicted molar refractivity (Wildman–Crippen MR) is 286 cm³/mol. The molecule has 0 radical (unpaired) electrons. The van der Waals surface area contributed by atoms with E-state index in [0.717, 1.165) is 103 Å². The molecule has 2 atom stereocenters. The third kappa shape index (κ3) is 54.0. The van der Waals surface area contributed by atoms with Gasteiger partial charge >= 0.3 is 5.97 Å². The Morgan fingerprint density at radius 3 is 1.22 bits per heavy atom. The van der Waals surface area contributed by atoms with Gasteiger partial charge in [0.05, 0.1) is 34.4 Å². The molecule has 0 aliphatic carbocycles. The van der Waals surface area contributed by atoms with E-state index in [2.05, 4.69) is 123 Å². The van der Waals surface area contributed by atoms with Crippen LogP contribution in [-0.4, -0.2) is 70.7 Å². The Kier molecular flexibility index (Phi) is 47.5. The summed E-state index contributed by atoms with van der Waals surface area (Å²) in [7, 11) is 1.33. The van der Waals surface area contributed by atoms with Gasteiger partial charge in [-0.15, -0.1) is 0 Å². The second kappa shape index (κ2) is 49.6. The maximum absolute atomic E-state index is 12.8. The number of esters is 1. The first-order valence-corrected chi connectivity index (χ1v) is 28.1. The van der Waals surface area contributed by atoms with Crippen molar-refractivity contribution in [2.75, 3.05) is 54.1 Å². The standard InChI is InChI=1S/C58H100NO7P/c1-6-8-10-12-14-16-18-20-22-24-26-28-30-31-33-35-37-39-41-43-45-47-49-51-58(60)66-57(56-65-67(61,62)64-54-52-59(3,4)5)55-63-53-50-48-46-44-42-40-38-36-34-32-29-27-25-23-21-19-17-15-13-11-9-7-2/h8-11,14-17,20-23,26-29,31,33,57H,6-7,12-13,18-19,24-25,30,32,34-56H2,1-5H3/b10-8-,11-9-,16-14-,17-15-,22-20-,23-21-,28-26-,29-27-,33-31-. The molecular formula is C58H100NO7P. The zero-order valence-corrected chi connectivity index (χ0v) is 44.5. The Balaban J connectivity index is 4.19. The quantitative estimate of drug-likeness (QED) is 0.0197. The first-order chi connectivity index (χ1) is 32.6. The zero-order valence-electron chi connectivity index (χ0n) is 43.6. The first kappa shape index (κ1) is 64.2. The minimum Gasteiger partial charge on any atom is -0.756 e. The van der Waals surface area contributed by atoms with Crippen molar-refractivity contribution in [3.05, 3.63) is 109 Å². The molecule has 0 aromatic rings. The van der Waals surface area contributed by atoms with Crippen molar-refractivity contribution in [2.24, 2.45) is 0 Å². The van der Waals surface area contributed by atoms with Gasteiger partial charge in [0.1, 0.15) is 19.3 Å². The molecule has 0 amide bonds. The van der Waals surface area contributed by atoms with Gasteiger partial charge in [-0.3, -0.25) is 9.36 Å². The number of carbonyl (C=O) groups is 1. The van der Waals surface area contributed by atoms with Crippen LogP contribution in [0.2, 0.25) is 0 Å². The molecule has 0 rings (SSSR count). The maximum atomic E-state index is 12.8. The number of rotatable bonds is 48. The van der Waals surface area contributed by atoms with Crippen LogP contribution in [0.4, 0.5) is 0 Å². The highest BCUT2D eigenvalue weighted by atomic mass is 31.2. The molecule has 0 N–H and O–H groups in total. The number of quaternary nitrogens is 1. The number of allylic oxidation sites excluding steroid dienone is 18. The van der Waals surface area contributed by atoms with E-state index in [1.54, 1.807) is 0 Å². The Bertz CT molecular complexity index is 1430. The summed E-state index contributed by atoms with van der Waals surface area (Å²) in [4.78, 5) is 25.2. The number of unbranched alkanes of at least 4 members (excludes halogenated alkanes) is 16. The van der Waals surface area contributed by atoms with Gasteiger partial charge in [-0.25, -0.2) is 0 Å². The van der Waals surface area contributed by atoms with Crippen molar-refractivity contribution in [1.29, 1.82) is 0 Å². The summed E-state index contributed by atoms with van der Waals surface area (Å²) in [6.45, 7) is 5.14. The highest BCUT2D eigenvalue weighted by molar-refractivity contribution is 7.45. The van der Waals surface area contributed by atoms with Crippen LogP contribution in [0, 0.1) is 0 Å². The van der Waals surface area contributed by atoms with Gasteiger partial charge in [0, 0.05) is 13.0 Å². The lowest BCUT2D eigenvalue weighted by Crippen LogP contribution is -2.37. The normalized spacial score (nSPS) is 14.4. The van der Waals surface area contributed by atoms with Crippen LogP contribution in [0.25, 0.3) is 0 Å². The Hall–Kier alpha value is -2.84. The van der Waals surface area contributed by atoms with Crippen LogP contribution >= 0.6 is 7.82 Å². The minimum atomic E-state index is -4.55. The summed E-state index contributed by atoms with van der Waals surface area (Å²) >= 11 is 0. The maximum Gasteiger partial charge on any atom is 0.306 e. The van der Waals surface area contributed by atoms with Crippen molar-refractivity contribution in [3.63, 3.8) is 0 Å². The molecule has 0 bridgehead atoms. The fourth-order valence-corrected chi connectivity index (χ4v) is 7.53. The minimum absolute atomic E-state index is 0.0161. The van der Waals surface area contributed by atoms with E-state index in [0.29, 0.717) is 24.1 Å². The summed E-state index contributed by atoms with van der Waals surface area (Å²) < 4.78 is 34.8. The molecule has 67 heavy (non-hydrogen) atoms. The average Bonchev–Trinajstić information content (AvgIpc) is 3.29. The van der Waals surface area contributed by atoms with Gasteiger partial charge in [-0.2, -0.15) is 0 Å². The largest absolute Gasteiger partial charge is 0.756 e. The lowest BCUT2D eigenvalue weighted by atomic mass is 10.1. The van der Waals surface area contributed by atoms with Gasteiger partial charge in [-0.05, 0) is 96.3 Å². The molecule has 0 aliphatic rings. The van der Waals surface area contributed by atoms with Crippen molar-refractivity contribution >= 4 is 13.8 Å². The summed E-state index contributed by atoms with van der Waals surface area (Å²) in [6.07, 6.45) is 69.7. The summed E-state index contributed by atoms with van der Waals surface area (Å²) in [5.74, 6) is -0.351. The number of phosphoric ester groups is 1. The second-order valence-electron chi connectivity index (χ2n) is 18.5. The van der Waals surface area contributed by atoms with Crippen LogP contribution in [0.15, 0.2) is 109 Å². The number of ether oxygens (including phenoxy) is 2. The molecule has 0 fully saturated rings. The highest BCUT2D eigenvalue weighted by Crippen LogP contribution is 2.38. The number of nitrogens with zero attached hydrogens (tertiary/aromatic N) is 1. The van der Waals surface area contributed by atoms with Crippen LogP contribution in [0.3, 0.4) is 0 Å². The Morgan fingerprint density at radius 1 is 0.463 bits per heavy atom.